The molecule has 2 N–H and O–H groups in total. The third-order valence-corrected chi connectivity index (χ3v) is 2.96. The molecule has 0 spiro atoms. The molecular formula is C13H17FN2O. The molecule has 3 nitrogen and oxygen atoms in total. The summed E-state index contributed by atoms with van der Waals surface area (Å²) in [5.41, 5.74) is 5.99. The second kappa shape index (κ2) is 4.73. The van der Waals surface area contributed by atoms with Gasteiger partial charge in [-0.25, -0.2) is 4.39 Å². The lowest BCUT2D eigenvalue weighted by Gasteiger charge is -2.21. The normalized spacial score (nSPS) is 14.7. The zero-order valence-electron chi connectivity index (χ0n) is 9.95. The number of nitrogens with zero attached hydrogens (tertiary/aromatic N) is 1. The Kier molecular flexibility index (Phi) is 3.31. The Morgan fingerprint density at radius 2 is 2.24 bits per heavy atom. The van der Waals surface area contributed by atoms with Crippen molar-refractivity contribution < 1.29 is 9.18 Å². The number of nitrogen functional groups attached to an aromatic ring is 1. The maximum atomic E-state index is 13.0. The number of hydrogen-bond acceptors (Lipinski definition) is 2. The average Bonchev–Trinajstić information content (AvgIpc) is 3.13. The fourth-order valence-electron chi connectivity index (χ4n) is 1.92. The first-order valence-corrected chi connectivity index (χ1v) is 5.99. The van der Waals surface area contributed by atoms with Crippen LogP contribution in [0.5, 0.6) is 0 Å². The first-order chi connectivity index (χ1) is 8.13. The maximum Gasteiger partial charge on any atom is 0.254 e. The summed E-state index contributed by atoms with van der Waals surface area (Å²) in [6.45, 7) is 2.79. The molecule has 0 saturated heterocycles. The fraction of sp³-hybridized carbons (Fsp3) is 0.462. The summed E-state index contributed by atoms with van der Waals surface area (Å²) >= 11 is 0. The van der Waals surface area contributed by atoms with Crippen LogP contribution in [0.3, 0.4) is 0 Å². The second-order valence-electron chi connectivity index (χ2n) is 4.47. The highest BCUT2D eigenvalue weighted by atomic mass is 19.1. The third kappa shape index (κ3) is 2.57. The van der Waals surface area contributed by atoms with Gasteiger partial charge >= 0.3 is 0 Å². The van der Waals surface area contributed by atoms with E-state index in [1.807, 2.05) is 11.8 Å². The van der Waals surface area contributed by atoms with Crippen molar-refractivity contribution in [1.82, 2.24) is 4.90 Å². The molecule has 1 aromatic rings. The number of carbonyl (C=O) groups is 1. The summed E-state index contributed by atoms with van der Waals surface area (Å²) in [7, 11) is 0. The molecule has 92 valence electrons. The third-order valence-electron chi connectivity index (χ3n) is 2.96. The van der Waals surface area contributed by atoms with E-state index in [0.29, 0.717) is 11.6 Å². The van der Waals surface area contributed by atoms with Gasteiger partial charge in [-0.05, 0) is 37.5 Å². The maximum absolute atomic E-state index is 13.0. The van der Waals surface area contributed by atoms with Gasteiger partial charge in [0.2, 0.25) is 0 Å². The molecule has 0 aromatic heterocycles. The molecule has 1 amide bonds. The topological polar surface area (TPSA) is 46.3 Å². The number of nitrogens with two attached hydrogens (primary N) is 1. The molecule has 1 fully saturated rings. The molecule has 1 aliphatic carbocycles. The average molecular weight is 236 g/mol. The van der Waals surface area contributed by atoms with E-state index >= 15 is 0 Å². The SMILES string of the molecule is CCCN(C(=O)c1ccc(F)c(N)c1)C1CC1. The van der Waals surface area contributed by atoms with Gasteiger partial charge in [0, 0.05) is 18.2 Å². The zero-order chi connectivity index (χ0) is 12.4. The quantitative estimate of drug-likeness (QED) is 0.816. The molecule has 0 heterocycles. The molecule has 0 unspecified atom stereocenters. The lowest BCUT2D eigenvalue weighted by Crippen LogP contribution is -2.33. The molecular weight excluding hydrogens is 219 g/mol. The van der Waals surface area contributed by atoms with E-state index in [9.17, 15) is 9.18 Å². The van der Waals surface area contributed by atoms with Crippen LogP contribution in [0.1, 0.15) is 36.5 Å². The molecule has 0 aliphatic heterocycles. The number of amides is 1. The first kappa shape index (κ1) is 11.9. The van der Waals surface area contributed by atoms with Gasteiger partial charge < -0.3 is 10.6 Å². The van der Waals surface area contributed by atoms with Gasteiger partial charge in [-0.15, -0.1) is 0 Å². The predicted molar refractivity (Wildman–Crippen MR) is 65.2 cm³/mol. The Labute approximate surface area is 100 Å². The summed E-state index contributed by atoms with van der Waals surface area (Å²) < 4.78 is 13.0. The number of benzene rings is 1. The van der Waals surface area contributed by atoms with E-state index in [-0.39, 0.29) is 11.6 Å². The molecule has 1 aliphatic rings. The van der Waals surface area contributed by atoms with Crippen molar-refractivity contribution >= 4 is 11.6 Å². The Morgan fingerprint density at radius 3 is 2.76 bits per heavy atom. The van der Waals surface area contributed by atoms with Gasteiger partial charge in [-0.3, -0.25) is 4.79 Å². The molecule has 1 aromatic carbocycles. The molecule has 0 radical (unpaired) electrons. The zero-order valence-corrected chi connectivity index (χ0v) is 9.95. The van der Waals surface area contributed by atoms with Crippen LogP contribution in [0.2, 0.25) is 0 Å². The van der Waals surface area contributed by atoms with Gasteiger partial charge in [0.05, 0.1) is 5.69 Å². The van der Waals surface area contributed by atoms with Crippen LogP contribution in [0.25, 0.3) is 0 Å². The standard InChI is InChI=1S/C13H17FN2O/c1-2-7-16(10-4-5-10)13(17)9-3-6-11(14)12(15)8-9/h3,6,8,10H,2,4-5,7,15H2,1H3. The van der Waals surface area contributed by atoms with E-state index < -0.39 is 5.82 Å². The van der Waals surface area contributed by atoms with E-state index in [1.165, 1.54) is 18.2 Å². The Hall–Kier alpha value is -1.58. The first-order valence-electron chi connectivity index (χ1n) is 5.99. The van der Waals surface area contributed by atoms with E-state index in [1.54, 1.807) is 0 Å². The van der Waals surface area contributed by atoms with Crippen molar-refractivity contribution in [3.05, 3.63) is 29.6 Å². The summed E-state index contributed by atoms with van der Waals surface area (Å²) in [6.07, 6.45) is 3.07. The minimum Gasteiger partial charge on any atom is -0.396 e. The van der Waals surface area contributed by atoms with Crippen molar-refractivity contribution in [2.24, 2.45) is 0 Å². The van der Waals surface area contributed by atoms with Gasteiger partial charge in [-0.2, -0.15) is 0 Å². The second-order valence-corrected chi connectivity index (χ2v) is 4.47. The van der Waals surface area contributed by atoms with Crippen molar-refractivity contribution in [1.29, 1.82) is 0 Å². The number of halogens is 1. The van der Waals surface area contributed by atoms with Gasteiger partial charge in [-0.1, -0.05) is 6.92 Å². The summed E-state index contributed by atoms with van der Waals surface area (Å²) in [6, 6.07) is 4.54. The monoisotopic (exact) mass is 236 g/mol. The van der Waals surface area contributed by atoms with Crippen molar-refractivity contribution in [2.45, 2.75) is 32.2 Å². The molecule has 4 heteroatoms. The van der Waals surface area contributed by atoms with Gasteiger partial charge in [0.1, 0.15) is 5.82 Å². The Morgan fingerprint density at radius 1 is 1.53 bits per heavy atom. The van der Waals surface area contributed by atoms with Crippen LogP contribution >= 0.6 is 0 Å². The number of anilines is 1. The number of hydrogen-bond donors (Lipinski definition) is 1. The van der Waals surface area contributed by atoms with Crippen molar-refractivity contribution in [2.75, 3.05) is 12.3 Å². The van der Waals surface area contributed by atoms with Gasteiger partial charge in [0.25, 0.3) is 5.91 Å². The number of carbonyl (C=O) groups excluding carboxylic acids is 1. The highest BCUT2D eigenvalue weighted by molar-refractivity contribution is 5.95. The van der Waals surface area contributed by atoms with Crippen molar-refractivity contribution in [3.63, 3.8) is 0 Å². The minimum atomic E-state index is -0.477. The number of rotatable bonds is 4. The highest BCUT2D eigenvalue weighted by Crippen LogP contribution is 2.28. The lowest BCUT2D eigenvalue weighted by molar-refractivity contribution is 0.0743. The van der Waals surface area contributed by atoms with Crippen LogP contribution in [0, 0.1) is 5.82 Å². The van der Waals surface area contributed by atoms with Crippen LogP contribution in [0.4, 0.5) is 10.1 Å². The van der Waals surface area contributed by atoms with Crippen molar-refractivity contribution in [3.8, 4) is 0 Å². The van der Waals surface area contributed by atoms with Gasteiger partial charge in [0.15, 0.2) is 0 Å². The van der Waals surface area contributed by atoms with Crippen LogP contribution in [0.15, 0.2) is 18.2 Å². The molecule has 17 heavy (non-hydrogen) atoms. The Bertz CT molecular complexity index is 429. The largest absolute Gasteiger partial charge is 0.396 e. The van der Waals surface area contributed by atoms with Crippen LogP contribution in [-0.2, 0) is 0 Å². The Balaban J connectivity index is 2.19. The molecule has 1 saturated carbocycles. The smallest absolute Gasteiger partial charge is 0.254 e. The fourth-order valence-corrected chi connectivity index (χ4v) is 1.92. The summed E-state index contributed by atoms with van der Waals surface area (Å²) in [5.74, 6) is -0.518. The lowest BCUT2D eigenvalue weighted by atomic mass is 10.1. The summed E-state index contributed by atoms with van der Waals surface area (Å²) in [4.78, 5) is 14.1. The van der Waals surface area contributed by atoms with E-state index in [0.717, 1.165) is 25.8 Å². The predicted octanol–water partition coefficient (Wildman–Crippen LogP) is 2.42. The highest BCUT2D eigenvalue weighted by Gasteiger charge is 2.32. The summed E-state index contributed by atoms with van der Waals surface area (Å²) in [5, 5.41) is 0. The van der Waals surface area contributed by atoms with E-state index in [2.05, 4.69) is 0 Å². The molecule has 0 bridgehead atoms. The molecule has 0 atom stereocenters. The van der Waals surface area contributed by atoms with E-state index in [4.69, 9.17) is 5.73 Å². The van der Waals surface area contributed by atoms with Crippen LogP contribution < -0.4 is 5.73 Å². The molecule has 2 rings (SSSR count). The minimum absolute atomic E-state index is 0.0306. The van der Waals surface area contributed by atoms with Crippen LogP contribution in [-0.4, -0.2) is 23.4 Å².